The van der Waals surface area contributed by atoms with E-state index in [1.54, 1.807) is 0 Å². The van der Waals surface area contributed by atoms with E-state index in [1.807, 2.05) is 18.4 Å². The van der Waals surface area contributed by atoms with Crippen LogP contribution in [-0.2, 0) is 6.42 Å². The molecule has 90 valence electrons. The van der Waals surface area contributed by atoms with Crippen LogP contribution in [0.1, 0.15) is 16.0 Å². The summed E-state index contributed by atoms with van der Waals surface area (Å²) in [4.78, 5) is 2.83. The van der Waals surface area contributed by atoms with Crippen LogP contribution >= 0.6 is 11.3 Å². The third-order valence-electron chi connectivity index (χ3n) is 2.79. The number of likely N-dealkylation sites (N-methyl/N-ethyl adjacent to an activating group) is 1. The van der Waals surface area contributed by atoms with Gasteiger partial charge in [-0.15, -0.1) is 11.3 Å². The Bertz CT molecular complexity index is 479. The van der Waals surface area contributed by atoms with E-state index in [9.17, 15) is 0 Å². The summed E-state index contributed by atoms with van der Waals surface area (Å²) in [6, 6.07) is 11.2. The van der Waals surface area contributed by atoms with E-state index in [1.165, 1.54) is 26.4 Å². The van der Waals surface area contributed by atoms with Crippen LogP contribution in [0.25, 0.3) is 10.4 Å². The van der Waals surface area contributed by atoms with E-state index in [2.05, 4.69) is 49.5 Å². The van der Waals surface area contributed by atoms with Crippen molar-refractivity contribution >= 4 is 11.3 Å². The van der Waals surface area contributed by atoms with Gasteiger partial charge >= 0.3 is 0 Å². The first-order chi connectivity index (χ1) is 8.19. The van der Waals surface area contributed by atoms with E-state index in [-0.39, 0.29) is 0 Å². The van der Waals surface area contributed by atoms with Crippen LogP contribution in [0.5, 0.6) is 0 Å². The molecule has 1 nitrogen and oxygen atoms in total. The van der Waals surface area contributed by atoms with Gasteiger partial charge in [-0.3, -0.25) is 0 Å². The highest BCUT2D eigenvalue weighted by Gasteiger charge is 2.03. The first kappa shape index (κ1) is 12.3. The standard InChI is InChI=1S/C15H19NS/c1-11-8-12(2)10-13(9-11)15-5-4-14(17-15)6-7-16-3/h4-5,8-10,16H,6-7H2,1-3H3. The van der Waals surface area contributed by atoms with Gasteiger partial charge in [0.2, 0.25) is 0 Å². The monoisotopic (exact) mass is 245 g/mol. The number of hydrogen-bond donors (Lipinski definition) is 1. The Balaban J connectivity index is 2.24. The summed E-state index contributed by atoms with van der Waals surface area (Å²) in [7, 11) is 2.00. The summed E-state index contributed by atoms with van der Waals surface area (Å²) in [5.74, 6) is 0. The van der Waals surface area contributed by atoms with Gasteiger partial charge in [-0.1, -0.05) is 29.3 Å². The first-order valence-corrected chi connectivity index (χ1v) is 6.82. The molecule has 2 heteroatoms. The zero-order valence-electron chi connectivity index (χ0n) is 10.7. The predicted octanol–water partition coefficient (Wildman–Crippen LogP) is 3.79. The second-order valence-electron chi connectivity index (χ2n) is 4.50. The van der Waals surface area contributed by atoms with Gasteiger partial charge in [0.05, 0.1) is 0 Å². The Labute approximate surface area is 108 Å². The quantitative estimate of drug-likeness (QED) is 0.864. The maximum Gasteiger partial charge on any atom is 0.0345 e. The van der Waals surface area contributed by atoms with Gasteiger partial charge < -0.3 is 5.32 Å². The van der Waals surface area contributed by atoms with Crippen molar-refractivity contribution in [1.82, 2.24) is 5.32 Å². The molecule has 0 aliphatic heterocycles. The molecular weight excluding hydrogens is 226 g/mol. The molecule has 2 aromatic rings. The molecule has 1 heterocycles. The van der Waals surface area contributed by atoms with Crippen LogP contribution in [0.4, 0.5) is 0 Å². The Hall–Kier alpha value is -1.12. The SMILES string of the molecule is CNCCc1ccc(-c2cc(C)cc(C)c2)s1. The highest BCUT2D eigenvalue weighted by Crippen LogP contribution is 2.29. The highest BCUT2D eigenvalue weighted by molar-refractivity contribution is 7.15. The Morgan fingerprint density at radius 3 is 2.41 bits per heavy atom. The van der Waals surface area contributed by atoms with E-state index in [0.717, 1.165) is 13.0 Å². The van der Waals surface area contributed by atoms with Gasteiger partial charge in [-0.2, -0.15) is 0 Å². The minimum absolute atomic E-state index is 1.05. The minimum atomic E-state index is 1.05. The van der Waals surface area contributed by atoms with Gasteiger partial charge in [-0.25, -0.2) is 0 Å². The van der Waals surface area contributed by atoms with Crippen molar-refractivity contribution in [3.63, 3.8) is 0 Å². The van der Waals surface area contributed by atoms with Crippen molar-refractivity contribution in [2.24, 2.45) is 0 Å². The molecule has 0 saturated carbocycles. The third kappa shape index (κ3) is 3.18. The normalized spacial score (nSPS) is 10.8. The summed E-state index contributed by atoms with van der Waals surface area (Å²) in [5, 5.41) is 3.19. The number of benzene rings is 1. The number of hydrogen-bond acceptors (Lipinski definition) is 2. The van der Waals surface area contributed by atoms with E-state index in [0.29, 0.717) is 0 Å². The molecule has 0 atom stereocenters. The molecular formula is C15H19NS. The van der Waals surface area contributed by atoms with Gasteiger partial charge in [0.1, 0.15) is 0 Å². The number of rotatable bonds is 4. The largest absolute Gasteiger partial charge is 0.319 e. The average molecular weight is 245 g/mol. The Kier molecular flexibility index (Phi) is 3.97. The number of nitrogens with one attached hydrogen (secondary N) is 1. The van der Waals surface area contributed by atoms with Crippen LogP contribution in [0.3, 0.4) is 0 Å². The zero-order valence-corrected chi connectivity index (χ0v) is 11.5. The molecule has 0 radical (unpaired) electrons. The van der Waals surface area contributed by atoms with Crippen LogP contribution in [-0.4, -0.2) is 13.6 Å². The molecule has 2 rings (SSSR count). The molecule has 1 N–H and O–H groups in total. The Morgan fingerprint density at radius 2 is 1.76 bits per heavy atom. The topological polar surface area (TPSA) is 12.0 Å². The van der Waals surface area contributed by atoms with Gasteiger partial charge in [0.25, 0.3) is 0 Å². The molecule has 0 bridgehead atoms. The third-order valence-corrected chi connectivity index (χ3v) is 3.98. The van der Waals surface area contributed by atoms with Crippen molar-refractivity contribution in [3.8, 4) is 10.4 Å². The smallest absolute Gasteiger partial charge is 0.0345 e. The van der Waals surface area contributed by atoms with E-state index < -0.39 is 0 Å². The lowest BCUT2D eigenvalue weighted by Gasteiger charge is -2.02. The second-order valence-corrected chi connectivity index (χ2v) is 5.66. The van der Waals surface area contributed by atoms with Gasteiger partial charge in [-0.05, 0) is 51.6 Å². The zero-order chi connectivity index (χ0) is 12.3. The number of thiophene rings is 1. The molecule has 0 saturated heterocycles. The summed E-state index contributed by atoms with van der Waals surface area (Å²) in [5.41, 5.74) is 4.03. The maximum absolute atomic E-state index is 3.19. The lowest BCUT2D eigenvalue weighted by molar-refractivity contribution is 0.799. The van der Waals surface area contributed by atoms with Crippen LogP contribution in [0.2, 0.25) is 0 Å². The highest BCUT2D eigenvalue weighted by atomic mass is 32.1. The van der Waals surface area contributed by atoms with Crippen molar-refractivity contribution in [2.75, 3.05) is 13.6 Å². The fraction of sp³-hybridized carbons (Fsp3) is 0.333. The average Bonchev–Trinajstić information content (AvgIpc) is 2.73. The molecule has 0 unspecified atom stereocenters. The van der Waals surface area contributed by atoms with Crippen molar-refractivity contribution < 1.29 is 0 Å². The predicted molar refractivity (Wildman–Crippen MR) is 76.9 cm³/mol. The lowest BCUT2D eigenvalue weighted by atomic mass is 10.1. The summed E-state index contributed by atoms with van der Waals surface area (Å²) >= 11 is 1.90. The minimum Gasteiger partial charge on any atom is -0.319 e. The first-order valence-electron chi connectivity index (χ1n) is 6.01. The molecule has 0 amide bonds. The van der Waals surface area contributed by atoms with Crippen molar-refractivity contribution in [3.05, 3.63) is 46.3 Å². The molecule has 0 spiro atoms. The van der Waals surface area contributed by atoms with Gasteiger partial charge in [0, 0.05) is 9.75 Å². The summed E-state index contributed by atoms with van der Waals surface area (Å²) in [6.07, 6.45) is 1.12. The lowest BCUT2D eigenvalue weighted by Crippen LogP contribution is -2.09. The molecule has 1 aromatic heterocycles. The molecule has 0 aliphatic carbocycles. The summed E-state index contributed by atoms with van der Waals surface area (Å²) < 4.78 is 0. The molecule has 1 aromatic carbocycles. The van der Waals surface area contributed by atoms with E-state index >= 15 is 0 Å². The second kappa shape index (κ2) is 5.48. The fourth-order valence-electron chi connectivity index (χ4n) is 2.03. The van der Waals surface area contributed by atoms with Crippen LogP contribution in [0.15, 0.2) is 30.3 Å². The summed E-state index contributed by atoms with van der Waals surface area (Å²) in [6.45, 7) is 5.37. The number of aryl methyl sites for hydroxylation is 2. The molecule has 0 aliphatic rings. The van der Waals surface area contributed by atoms with Crippen molar-refractivity contribution in [1.29, 1.82) is 0 Å². The van der Waals surface area contributed by atoms with E-state index in [4.69, 9.17) is 0 Å². The van der Waals surface area contributed by atoms with Crippen LogP contribution in [0, 0.1) is 13.8 Å². The maximum atomic E-state index is 3.19. The Morgan fingerprint density at radius 1 is 1.06 bits per heavy atom. The molecule has 17 heavy (non-hydrogen) atoms. The molecule has 0 fully saturated rings. The van der Waals surface area contributed by atoms with Gasteiger partial charge in [0.15, 0.2) is 0 Å². The fourth-order valence-corrected chi connectivity index (χ4v) is 3.03. The van der Waals surface area contributed by atoms with Crippen LogP contribution < -0.4 is 5.32 Å². The van der Waals surface area contributed by atoms with Crippen molar-refractivity contribution in [2.45, 2.75) is 20.3 Å².